The molecule has 1 aromatic carbocycles. The lowest BCUT2D eigenvalue weighted by Gasteiger charge is -2.11. The number of aromatic nitrogens is 1. The number of ether oxygens (including phenoxy) is 1. The highest BCUT2D eigenvalue weighted by Gasteiger charge is 2.35. The van der Waals surface area contributed by atoms with Gasteiger partial charge in [0.2, 0.25) is 5.82 Å². The van der Waals surface area contributed by atoms with Crippen LogP contribution in [0.2, 0.25) is 0 Å². The number of benzene rings is 1. The average molecular weight is 341 g/mol. The Morgan fingerprint density at radius 3 is 2.96 bits per heavy atom. The molecule has 25 heavy (non-hydrogen) atoms. The minimum absolute atomic E-state index is 0.0708. The predicted molar refractivity (Wildman–Crippen MR) is 88.9 cm³/mol. The summed E-state index contributed by atoms with van der Waals surface area (Å²) in [6.45, 7) is 1.96. The molecule has 2 aromatic rings. The molecule has 0 saturated heterocycles. The number of anilines is 2. The van der Waals surface area contributed by atoms with Gasteiger partial charge in [-0.3, -0.25) is 19.7 Å². The molecule has 0 bridgehead atoms. The lowest BCUT2D eigenvalue weighted by molar-refractivity contribution is -0.384. The van der Waals surface area contributed by atoms with Crippen LogP contribution in [0.3, 0.4) is 0 Å². The second kappa shape index (κ2) is 6.68. The number of Topliss-reactive ketones (excluding diaryl/α,β-unsaturated/α-hetero) is 1. The summed E-state index contributed by atoms with van der Waals surface area (Å²) >= 11 is 0. The highest BCUT2D eigenvalue weighted by molar-refractivity contribution is 6.06. The van der Waals surface area contributed by atoms with Crippen LogP contribution in [0.4, 0.5) is 17.2 Å². The number of carbonyl (C=O) groups is 2. The molecule has 0 spiro atoms. The van der Waals surface area contributed by atoms with Crippen LogP contribution in [0, 0.1) is 10.1 Å². The summed E-state index contributed by atoms with van der Waals surface area (Å²) in [6.07, 6.45) is 1.51. The highest BCUT2D eigenvalue weighted by atomic mass is 16.6. The molecule has 3 rings (SSSR count). The normalized spacial score (nSPS) is 15.6. The molecular formula is C17H15N3O5. The van der Waals surface area contributed by atoms with Crippen molar-refractivity contribution in [1.82, 2.24) is 4.98 Å². The van der Waals surface area contributed by atoms with Crippen LogP contribution in [-0.4, -0.2) is 28.3 Å². The first-order valence-electron chi connectivity index (χ1n) is 7.71. The van der Waals surface area contributed by atoms with Gasteiger partial charge in [0.15, 0.2) is 5.78 Å². The molecular weight excluding hydrogens is 326 g/mol. The molecule has 1 atom stereocenters. The van der Waals surface area contributed by atoms with E-state index in [1.807, 2.05) is 0 Å². The summed E-state index contributed by atoms with van der Waals surface area (Å²) in [4.78, 5) is 38.7. The van der Waals surface area contributed by atoms with Crippen LogP contribution in [0.15, 0.2) is 36.5 Å². The Bertz CT molecular complexity index is 865. The third-order valence-electron chi connectivity index (χ3n) is 3.94. The number of rotatable bonds is 5. The second-order valence-electron chi connectivity index (χ2n) is 5.49. The zero-order chi connectivity index (χ0) is 18.0. The van der Waals surface area contributed by atoms with Crippen molar-refractivity contribution in [2.45, 2.75) is 19.3 Å². The topological polar surface area (TPSA) is 111 Å². The molecule has 1 aliphatic rings. The monoisotopic (exact) mass is 341 g/mol. The van der Waals surface area contributed by atoms with Gasteiger partial charge in [0.1, 0.15) is 0 Å². The fourth-order valence-corrected chi connectivity index (χ4v) is 2.82. The van der Waals surface area contributed by atoms with Crippen molar-refractivity contribution in [2.75, 3.05) is 11.9 Å². The average Bonchev–Trinajstić information content (AvgIpc) is 2.92. The van der Waals surface area contributed by atoms with Crippen LogP contribution in [0.5, 0.6) is 0 Å². The maximum absolute atomic E-state index is 12.2. The summed E-state index contributed by atoms with van der Waals surface area (Å²) in [6, 6.07) is 7.71. The summed E-state index contributed by atoms with van der Waals surface area (Å²) in [5, 5.41) is 13.9. The summed E-state index contributed by atoms with van der Waals surface area (Å²) < 4.78 is 5.01. The predicted octanol–water partition coefficient (Wildman–Crippen LogP) is 2.97. The minimum Gasteiger partial charge on any atom is -0.466 e. The van der Waals surface area contributed by atoms with Gasteiger partial charge < -0.3 is 10.1 Å². The number of nitro groups is 1. The second-order valence-corrected chi connectivity index (χ2v) is 5.49. The Balaban J connectivity index is 1.90. The van der Waals surface area contributed by atoms with Crippen LogP contribution in [-0.2, 0) is 9.53 Å². The zero-order valence-electron chi connectivity index (χ0n) is 13.4. The van der Waals surface area contributed by atoms with Crippen molar-refractivity contribution in [2.24, 2.45) is 0 Å². The first kappa shape index (κ1) is 16.6. The molecule has 0 fully saturated rings. The van der Waals surface area contributed by atoms with Crippen molar-refractivity contribution in [3.8, 4) is 0 Å². The van der Waals surface area contributed by atoms with Crippen LogP contribution in [0.25, 0.3) is 0 Å². The first-order chi connectivity index (χ1) is 12.0. The third kappa shape index (κ3) is 3.18. The van der Waals surface area contributed by atoms with Gasteiger partial charge in [-0.25, -0.2) is 4.98 Å². The number of hydrogen-bond donors (Lipinski definition) is 1. The molecule has 1 aliphatic carbocycles. The molecule has 1 N–H and O–H groups in total. The van der Waals surface area contributed by atoms with E-state index in [1.165, 1.54) is 18.3 Å². The highest BCUT2D eigenvalue weighted by Crippen LogP contribution is 2.36. The lowest BCUT2D eigenvalue weighted by atomic mass is 10.0. The molecule has 0 radical (unpaired) electrons. The number of carbonyl (C=O) groups excluding carboxylic acids is 2. The Morgan fingerprint density at radius 1 is 1.44 bits per heavy atom. The first-order valence-corrected chi connectivity index (χ1v) is 7.71. The van der Waals surface area contributed by atoms with Crippen molar-refractivity contribution in [3.05, 3.63) is 57.8 Å². The summed E-state index contributed by atoms with van der Waals surface area (Å²) in [5.41, 5.74) is 1.35. The number of pyridine rings is 1. The fraction of sp³-hybridized carbons (Fsp3) is 0.235. The van der Waals surface area contributed by atoms with E-state index >= 15 is 0 Å². The van der Waals surface area contributed by atoms with Crippen molar-refractivity contribution < 1.29 is 19.2 Å². The molecule has 1 heterocycles. The van der Waals surface area contributed by atoms with Crippen molar-refractivity contribution in [1.29, 1.82) is 0 Å². The maximum atomic E-state index is 12.2. The van der Waals surface area contributed by atoms with Gasteiger partial charge in [-0.2, -0.15) is 0 Å². The van der Waals surface area contributed by atoms with E-state index in [-0.39, 0.29) is 30.3 Å². The quantitative estimate of drug-likeness (QED) is 0.505. The largest absolute Gasteiger partial charge is 0.466 e. The standard InChI is InChI=1S/C17H15N3O5/c1-2-25-17(22)13-9-15(21)12-8-10(5-6-11(12)13)19-16-14(20(23)24)4-3-7-18-16/h3-8,13H,2,9H2,1H3,(H,18,19)/t13-/m0/s1. The van der Waals surface area contributed by atoms with Crippen molar-refractivity contribution in [3.63, 3.8) is 0 Å². The van der Waals surface area contributed by atoms with Gasteiger partial charge in [0.25, 0.3) is 0 Å². The number of fused-ring (bicyclic) bond motifs is 1. The molecule has 128 valence electrons. The van der Waals surface area contributed by atoms with Crippen LogP contribution >= 0.6 is 0 Å². The maximum Gasteiger partial charge on any atom is 0.313 e. The number of ketones is 1. The van der Waals surface area contributed by atoms with Gasteiger partial charge in [-0.1, -0.05) is 6.07 Å². The van der Waals surface area contributed by atoms with Gasteiger partial charge in [0, 0.05) is 29.9 Å². The Morgan fingerprint density at radius 2 is 2.24 bits per heavy atom. The van der Waals surface area contributed by atoms with Crippen LogP contribution in [0.1, 0.15) is 35.2 Å². The Labute approximate surface area is 143 Å². The summed E-state index contributed by atoms with van der Waals surface area (Å²) in [5.74, 6) is -1.09. The molecule has 8 nitrogen and oxygen atoms in total. The van der Waals surface area contributed by atoms with Crippen molar-refractivity contribution >= 4 is 28.9 Å². The van der Waals surface area contributed by atoms with Gasteiger partial charge in [-0.05, 0) is 30.7 Å². The number of esters is 1. The van der Waals surface area contributed by atoms with Gasteiger partial charge >= 0.3 is 11.7 Å². The number of nitrogens with zero attached hydrogens (tertiary/aromatic N) is 2. The molecule has 0 aliphatic heterocycles. The van der Waals surface area contributed by atoms with E-state index in [1.54, 1.807) is 25.1 Å². The van der Waals surface area contributed by atoms with E-state index in [0.29, 0.717) is 16.8 Å². The van der Waals surface area contributed by atoms with Gasteiger partial charge in [-0.15, -0.1) is 0 Å². The molecule has 0 saturated carbocycles. The third-order valence-corrected chi connectivity index (χ3v) is 3.94. The van der Waals surface area contributed by atoms with Gasteiger partial charge in [0.05, 0.1) is 17.4 Å². The van der Waals surface area contributed by atoms with E-state index in [4.69, 9.17) is 4.74 Å². The molecule has 0 amide bonds. The minimum atomic E-state index is -0.597. The number of nitrogens with one attached hydrogen (secondary N) is 1. The fourth-order valence-electron chi connectivity index (χ4n) is 2.82. The molecule has 0 unspecified atom stereocenters. The molecule has 1 aromatic heterocycles. The Kier molecular flexibility index (Phi) is 4.42. The van der Waals surface area contributed by atoms with E-state index < -0.39 is 16.8 Å². The summed E-state index contributed by atoms with van der Waals surface area (Å²) in [7, 11) is 0. The lowest BCUT2D eigenvalue weighted by Crippen LogP contribution is -2.13. The number of hydrogen-bond acceptors (Lipinski definition) is 7. The SMILES string of the molecule is CCOC(=O)[C@H]1CC(=O)c2cc(Nc3ncccc3[N+](=O)[O-])ccc21. The van der Waals surface area contributed by atoms with E-state index in [9.17, 15) is 19.7 Å². The zero-order valence-corrected chi connectivity index (χ0v) is 13.4. The smallest absolute Gasteiger partial charge is 0.313 e. The molecule has 8 heteroatoms. The van der Waals surface area contributed by atoms with Crippen LogP contribution < -0.4 is 5.32 Å². The van der Waals surface area contributed by atoms with E-state index in [0.717, 1.165) is 0 Å². The Hall–Kier alpha value is -3.29. The van der Waals surface area contributed by atoms with E-state index in [2.05, 4.69) is 10.3 Å².